The van der Waals surface area contributed by atoms with Crippen LogP contribution in [0.1, 0.15) is 11.7 Å². The molecule has 1 unspecified atom stereocenters. The molecule has 1 aromatic heterocycles. The van der Waals surface area contributed by atoms with E-state index >= 15 is 0 Å². The first-order valence-corrected chi connectivity index (χ1v) is 8.16. The average Bonchev–Trinajstić information content (AvgIpc) is 2.91. The molecular weight excluding hydrogens is 361 g/mol. The van der Waals surface area contributed by atoms with Crippen molar-refractivity contribution in [3.8, 4) is 0 Å². The van der Waals surface area contributed by atoms with Crippen LogP contribution in [0.3, 0.4) is 0 Å². The maximum absolute atomic E-state index is 13.0. The maximum Gasteiger partial charge on any atom is 0.416 e. The van der Waals surface area contributed by atoms with Gasteiger partial charge in [0.15, 0.2) is 6.29 Å². The van der Waals surface area contributed by atoms with E-state index in [1.54, 1.807) is 4.90 Å². The van der Waals surface area contributed by atoms with Crippen LogP contribution in [0, 0.1) is 4.91 Å². The molecule has 0 spiro atoms. The summed E-state index contributed by atoms with van der Waals surface area (Å²) in [5.41, 5.74) is -0.816. The van der Waals surface area contributed by atoms with Gasteiger partial charge < -0.3 is 0 Å². The molecule has 1 aliphatic rings. The van der Waals surface area contributed by atoms with Gasteiger partial charge in [-0.1, -0.05) is 11.3 Å². The largest absolute Gasteiger partial charge is 0.416 e. The van der Waals surface area contributed by atoms with Crippen LogP contribution in [-0.2, 0) is 11.0 Å². The molecule has 2 heterocycles. The van der Waals surface area contributed by atoms with E-state index in [4.69, 9.17) is 0 Å². The summed E-state index contributed by atoms with van der Waals surface area (Å²) in [4.78, 5) is 35.6. The summed E-state index contributed by atoms with van der Waals surface area (Å²) in [6, 6.07) is 3.02. The van der Waals surface area contributed by atoms with Crippen molar-refractivity contribution in [2.75, 3.05) is 26.2 Å². The minimum absolute atomic E-state index is 0.0675. The zero-order chi connectivity index (χ0) is 18.2. The van der Waals surface area contributed by atoms with Gasteiger partial charge in [0.2, 0.25) is 0 Å². The van der Waals surface area contributed by atoms with Crippen molar-refractivity contribution >= 4 is 27.8 Å². The minimum atomic E-state index is -4.55. The number of hydrogen-bond acceptors (Lipinski definition) is 6. The second kappa shape index (κ2) is 6.56. The topological polar surface area (TPSA) is 75.0 Å². The van der Waals surface area contributed by atoms with E-state index in [9.17, 15) is 27.7 Å². The van der Waals surface area contributed by atoms with Crippen LogP contribution in [0.15, 0.2) is 28.3 Å². The van der Waals surface area contributed by atoms with Gasteiger partial charge in [-0.3, -0.25) is 24.1 Å². The fraction of sp³-hybridized carbons (Fsp3) is 0.429. The summed E-state index contributed by atoms with van der Waals surface area (Å²) in [6.07, 6.45) is -5.05. The van der Waals surface area contributed by atoms with Crippen molar-refractivity contribution in [3.63, 3.8) is 0 Å². The second-order valence-electron chi connectivity index (χ2n) is 5.54. The number of benzene rings is 1. The van der Waals surface area contributed by atoms with Gasteiger partial charge in [0.25, 0.3) is 0 Å². The Morgan fingerprint density at radius 3 is 2.44 bits per heavy atom. The lowest BCUT2D eigenvalue weighted by molar-refractivity contribution is -0.137. The van der Waals surface area contributed by atoms with E-state index in [0.717, 1.165) is 28.0 Å². The molecule has 1 saturated heterocycles. The standard InChI is InChI=1S/C14H13F3N4O3S/c15-14(16,17)9-1-2-11-10(7-9)21(13(23)25-11)12(8-22)19-3-5-20(18-24)6-4-19/h1-2,7-8,12H,3-6H2. The Balaban J connectivity index is 2.03. The quantitative estimate of drug-likeness (QED) is 0.605. The Morgan fingerprint density at radius 2 is 1.88 bits per heavy atom. The number of rotatable bonds is 4. The van der Waals surface area contributed by atoms with E-state index in [1.807, 2.05) is 0 Å². The number of aldehydes is 1. The maximum atomic E-state index is 13.0. The Bertz CT molecular complexity index is 855. The molecule has 0 amide bonds. The van der Waals surface area contributed by atoms with Gasteiger partial charge in [-0.05, 0) is 18.2 Å². The van der Waals surface area contributed by atoms with E-state index in [0.29, 0.717) is 11.0 Å². The van der Waals surface area contributed by atoms with E-state index in [2.05, 4.69) is 5.29 Å². The number of nitroso groups, excluding NO2 is 1. The van der Waals surface area contributed by atoms with Crippen LogP contribution in [-0.4, -0.2) is 46.9 Å². The van der Waals surface area contributed by atoms with Crippen LogP contribution < -0.4 is 4.87 Å². The monoisotopic (exact) mass is 374 g/mol. The van der Waals surface area contributed by atoms with E-state index < -0.39 is 22.8 Å². The average molecular weight is 374 g/mol. The molecule has 0 radical (unpaired) electrons. The number of thiazole rings is 1. The highest BCUT2D eigenvalue weighted by molar-refractivity contribution is 7.16. The SMILES string of the molecule is O=CC(N1CCN(N=O)CC1)n1c(=O)sc2ccc(C(F)(F)F)cc21. The van der Waals surface area contributed by atoms with Gasteiger partial charge in [-0.25, -0.2) is 0 Å². The van der Waals surface area contributed by atoms with Crippen LogP contribution in [0.4, 0.5) is 13.2 Å². The number of piperazine rings is 1. The first-order valence-electron chi connectivity index (χ1n) is 7.35. The Kier molecular flexibility index (Phi) is 4.60. The Morgan fingerprint density at radius 1 is 1.20 bits per heavy atom. The molecule has 1 aromatic carbocycles. The zero-order valence-corrected chi connectivity index (χ0v) is 13.6. The highest BCUT2D eigenvalue weighted by Crippen LogP contribution is 2.33. The highest BCUT2D eigenvalue weighted by Gasteiger charge is 2.32. The number of hydrogen-bond donors (Lipinski definition) is 0. The third-order valence-electron chi connectivity index (χ3n) is 4.11. The van der Waals surface area contributed by atoms with E-state index in [-0.39, 0.29) is 31.7 Å². The van der Waals surface area contributed by atoms with Crippen LogP contribution in [0.5, 0.6) is 0 Å². The Hall–Kier alpha value is -2.27. The van der Waals surface area contributed by atoms with Crippen molar-refractivity contribution in [1.82, 2.24) is 14.5 Å². The van der Waals surface area contributed by atoms with E-state index in [1.165, 1.54) is 11.1 Å². The van der Waals surface area contributed by atoms with Crippen LogP contribution in [0.25, 0.3) is 10.2 Å². The normalized spacial score (nSPS) is 17.6. The fourth-order valence-corrected chi connectivity index (χ4v) is 3.72. The third-order valence-corrected chi connectivity index (χ3v) is 5.04. The van der Waals surface area contributed by atoms with Gasteiger partial charge in [-0.2, -0.15) is 13.2 Å². The molecule has 0 bridgehead atoms. The van der Waals surface area contributed by atoms with Crippen molar-refractivity contribution in [1.29, 1.82) is 0 Å². The summed E-state index contributed by atoms with van der Waals surface area (Å²) < 4.78 is 40.3. The molecule has 1 atom stereocenters. The molecule has 134 valence electrons. The first kappa shape index (κ1) is 17.5. The molecule has 0 aliphatic carbocycles. The fourth-order valence-electron chi connectivity index (χ4n) is 2.83. The first-order chi connectivity index (χ1) is 11.8. The summed E-state index contributed by atoms with van der Waals surface area (Å²) in [7, 11) is 0. The molecule has 25 heavy (non-hydrogen) atoms. The molecule has 1 aliphatic heterocycles. The van der Waals surface area contributed by atoms with Crippen molar-refractivity contribution in [3.05, 3.63) is 38.3 Å². The van der Waals surface area contributed by atoms with Gasteiger partial charge >= 0.3 is 11.0 Å². The lowest BCUT2D eigenvalue weighted by Gasteiger charge is -2.34. The highest BCUT2D eigenvalue weighted by atomic mass is 32.1. The lowest BCUT2D eigenvalue weighted by Crippen LogP contribution is -2.48. The molecule has 2 aromatic rings. The molecule has 7 nitrogen and oxygen atoms in total. The number of aromatic nitrogens is 1. The number of fused-ring (bicyclic) bond motifs is 1. The molecule has 3 rings (SSSR count). The van der Waals surface area contributed by atoms with Crippen LogP contribution in [0.2, 0.25) is 0 Å². The van der Waals surface area contributed by atoms with Crippen molar-refractivity contribution < 1.29 is 18.0 Å². The number of carbonyl (C=O) groups is 1. The number of carbonyl (C=O) groups excluding carboxylic acids is 1. The predicted octanol–water partition coefficient (Wildman–Crippen LogP) is 2.08. The van der Waals surface area contributed by atoms with Crippen LogP contribution >= 0.6 is 11.3 Å². The lowest BCUT2D eigenvalue weighted by atomic mass is 10.2. The molecule has 0 saturated carbocycles. The smallest absolute Gasteiger partial charge is 0.299 e. The summed E-state index contributed by atoms with van der Waals surface area (Å²) in [5.74, 6) is 0. The summed E-state index contributed by atoms with van der Waals surface area (Å²) >= 11 is 0.786. The number of nitrogens with zero attached hydrogens (tertiary/aromatic N) is 4. The summed E-state index contributed by atoms with van der Waals surface area (Å²) in [5, 5.41) is 4.10. The van der Waals surface area contributed by atoms with Crippen molar-refractivity contribution in [2.24, 2.45) is 5.29 Å². The predicted molar refractivity (Wildman–Crippen MR) is 85.1 cm³/mol. The minimum Gasteiger partial charge on any atom is -0.299 e. The number of alkyl halides is 3. The zero-order valence-electron chi connectivity index (χ0n) is 12.8. The summed E-state index contributed by atoms with van der Waals surface area (Å²) in [6.45, 7) is 1.13. The molecule has 11 heteroatoms. The molecule has 0 N–H and O–H groups in total. The van der Waals surface area contributed by atoms with Gasteiger partial charge in [0.1, 0.15) is 6.17 Å². The van der Waals surface area contributed by atoms with Gasteiger partial charge in [-0.15, -0.1) is 4.91 Å². The second-order valence-corrected chi connectivity index (χ2v) is 6.53. The van der Waals surface area contributed by atoms with Crippen molar-refractivity contribution in [2.45, 2.75) is 12.3 Å². The van der Waals surface area contributed by atoms with Gasteiger partial charge in [0.05, 0.1) is 34.2 Å². The molecule has 1 fully saturated rings. The number of halogens is 3. The van der Waals surface area contributed by atoms with Gasteiger partial charge in [0, 0.05) is 13.1 Å². The molecular formula is C14H13F3N4O3S. The Labute approximate surface area is 143 Å². The third kappa shape index (κ3) is 3.29.